The number of rotatable bonds is 3. The van der Waals surface area contributed by atoms with E-state index in [0.717, 1.165) is 6.07 Å². The third-order valence-electron chi connectivity index (χ3n) is 1.82. The van der Waals surface area contributed by atoms with Crippen LogP contribution < -0.4 is 4.74 Å². The second-order valence-corrected chi connectivity index (χ2v) is 2.97. The van der Waals surface area contributed by atoms with Gasteiger partial charge in [-0.25, -0.2) is 4.39 Å². The molecule has 78 valence electrons. The zero-order valence-electron chi connectivity index (χ0n) is 7.88. The summed E-state index contributed by atoms with van der Waals surface area (Å²) >= 11 is 5.30. The second kappa shape index (κ2) is 4.76. The summed E-state index contributed by atoms with van der Waals surface area (Å²) in [5.74, 6) is -1.59. The van der Waals surface area contributed by atoms with E-state index in [9.17, 15) is 9.18 Å². The first kappa shape index (κ1) is 11.5. The quantitative estimate of drug-likeness (QED) is 0.587. The monoisotopic (exact) mass is 227 g/mol. The van der Waals surface area contributed by atoms with Crippen LogP contribution in [0.5, 0.6) is 5.75 Å². The number of ketones is 1. The highest BCUT2D eigenvalue weighted by Crippen LogP contribution is 2.21. The molecule has 0 bridgehead atoms. The Labute approximate surface area is 91.0 Å². The van der Waals surface area contributed by atoms with E-state index in [2.05, 4.69) is 0 Å². The number of hydrogen-bond acceptors (Lipinski definition) is 3. The number of halogens is 2. The fourth-order valence-corrected chi connectivity index (χ4v) is 1.27. The van der Waals surface area contributed by atoms with Crippen molar-refractivity contribution in [2.24, 2.45) is 0 Å². The van der Waals surface area contributed by atoms with Crippen LogP contribution in [0.4, 0.5) is 4.39 Å². The molecule has 5 heteroatoms. The maximum atomic E-state index is 13.4. The van der Waals surface area contributed by atoms with Gasteiger partial charge in [0.15, 0.2) is 5.78 Å². The van der Waals surface area contributed by atoms with Crippen molar-refractivity contribution in [2.75, 3.05) is 13.0 Å². The molecule has 0 spiro atoms. The Kier molecular flexibility index (Phi) is 3.64. The summed E-state index contributed by atoms with van der Waals surface area (Å²) in [5.41, 5.74) is -0.356. The first-order valence-corrected chi connectivity index (χ1v) is 4.54. The van der Waals surface area contributed by atoms with Gasteiger partial charge < -0.3 is 4.74 Å². The lowest BCUT2D eigenvalue weighted by atomic mass is 10.0. The number of nitriles is 1. The largest absolute Gasteiger partial charge is 0.497 e. The van der Waals surface area contributed by atoms with Crippen molar-refractivity contribution in [2.45, 2.75) is 0 Å². The van der Waals surface area contributed by atoms with Crippen molar-refractivity contribution in [1.82, 2.24) is 0 Å². The van der Waals surface area contributed by atoms with Gasteiger partial charge in [0.2, 0.25) is 0 Å². The molecule has 0 aliphatic carbocycles. The Hall–Kier alpha value is -1.60. The number of ether oxygens (including phenoxy) is 1. The summed E-state index contributed by atoms with van der Waals surface area (Å²) in [4.78, 5) is 11.2. The van der Waals surface area contributed by atoms with Crippen molar-refractivity contribution in [3.63, 3.8) is 0 Å². The molecule has 0 unspecified atom stereocenters. The highest BCUT2D eigenvalue weighted by molar-refractivity contribution is 6.30. The predicted octanol–water partition coefficient (Wildman–Crippen LogP) is 2.13. The molecular weight excluding hydrogens is 221 g/mol. The standard InChI is InChI=1S/C10H7ClFNO2/c1-15-7-2-6(5-13)10(8(12)3-7)9(14)4-11/h2-3H,4H2,1H3. The number of Topliss-reactive ketones (excluding diaryl/α,β-unsaturated/α-hetero) is 1. The van der Waals surface area contributed by atoms with Crippen LogP contribution in [0.2, 0.25) is 0 Å². The molecular formula is C10H7ClFNO2. The highest BCUT2D eigenvalue weighted by atomic mass is 35.5. The smallest absolute Gasteiger partial charge is 0.181 e. The fourth-order valence-electron chi connectivity index (χ4n) is 1.14. The van der Waals surface area contributed by atoms with Gasteiger partial charge in [-0.15, -0.1) is 11.6 Å². The lowest BCUT2D eigenvalue weighted by Gasteiger charge is -2.05. The molecule has 0 aliphatic heterocycles. The molecule has 1 aromatic rings. The molecule has 1 rings (SSSR count). The van der Waals surface area contributed by atoms with Crippen molar-refractivity contribution >= 4 is 17.4 Å². The van der Waals surface area contributed by atoms with E-state index in [1.807, 2.05) is 0 Å². The third-order valence-corrected chi connectivity index (χ3v) is 2.06. The molecule has 0 aliphatic rings. The molecule has 0 atom stereocenters. The lowest BCUT2D eigenvalue weighted by molar-refractivity contribution is 0.101. The van der Waals surface area contributed by atoms with E-state index in [0.29, 0.717) is 0 Å². The number of carbonyl (C=O) groups is 1. The molecule has 0 fully saturated rings. The van der Waals surface area contributed by atoms with E-state index in [1.165, 1.54) is 13.2 Å². The number of benzene rings is 1. The molecule has 0 saturated heterocycles. The van der Waals surface area contributed by atoms with Crippen LogP contribution in [0, 0.1) is 17.1 Å². The van der Waals surface area contributed by atoms with Gasteiger partial charge in [-0.05, 0) is 6.07 Å². The summed E-state index contributed by atoms with van der Waals surface area (Å²) in [5, 5.41) is 8.74. The van der Waals surface area contributed by atoms with Crippen LogP contribution in [0.15, 0.2) is 12.1 Å². The minimum Gasteiger partial charge on any atom is -0.497 e. The number of alkyl halides is 1. The minimum atomic E-state index is -0.795. The molecule has 3 nitrogen and oxygen atoms in total. The van der Waals surface area contributed by atoms with Crippen molar-refractivity contribution < 1.29 is 13.9 Å². The van der Waals surface area contributed by atoms with Gasteiger partial charge in [-0.2, -0.15) is 5.26 Å². The highest BCUT2D eigenvalue weighted by Gasteiger charge is 2.17. The first-order valence-electron chi connectivity index (χ1n) is 4.00. The molecule has 0 saturated carbocycles. The summed E-state index contributed by atoms with van der Waals surface area (Å²) < 4.78 is 18.2. The molecule has 0 N–H and O–H groups in total. The fraction of sp³-hybridized carbons (Fsp3) is 0.200. The molecule has 0 radical (unpaired) electrons. The van der Waals surface area contributed by atoms with E-state index in [-0.39, 0.29) is 22.8 Å². The second-order valence-electron chi connectivity index (χ2n) is 2.70. The van der Waals surface area contributed by atoms with E-state index in [4.69, 9.17) is 21.6 Å². The Morgan fingerprint density at radius 3 is 2.80 bits per heavy atom. The molecule has 0 amide bonds. The number of hydrogen-bond donors (Lipinski definition) is 0. The summed E-state index contributed by atoms with van der Waals surface area (Å²) in [6.07, 6.45) is 0. The summed E-state index contributed by atoms with van der Waals surface area (Å²) in [7, 11) is 1.35. The Morgan fingerprint density at radius 1 is 1.67 bits per heavy atom. The number of nitrogens with zero attached hydrogens (tertiary/aromatic N) is 1. The number of carbonyl (C=O) groups excluding carboxylic acids is 1. The molecule has 15 heavy (non-hydrogen) atoms. The summed E-state index contributed by atoms with van der Waals surface area (Å²) in [6, 6.07) is 4.06. The summed E-state index contributed by atoms with van der Waals surface area (Å²) in [6.45, 7) is 0. The third kappa shape index (κ3) is 2.25. The van der Waals surface area contributed by atoms with Gasteiger partial charge in [0.05, 0.1) is 24.1 Å². The minimum absolute atomic E-state index is 0.0718. The van der Waals surface area contributed by atoms with Crippen molar-refractivity contribution in [3.05, 3.63) is 29.1 Å². The van der Waals surface area contributed by atoms with Crippen molar-refractivity contribution in [3.8, 4) is 11.8 Å². The Morgan fingerprint density at radius 2 is 2.33 bits per heavy atom. The van der Waals surface area contributed by atoms with E-state index in [1.54, 1.807) is 6.07 Å². The lowest BCUT2D eigenvalue weighted by Crippen LogP contribution is -2.07. The van der Waals surface area contributed by atoms with Crippen LogP contribution in [-0.4, -0.2) is 18.8 Å². The predicted molar refractivity (Wildman–Crippen MR) is 52.7 cm³/mol. The molecule has 0 aromatic heterocycles. The Balaban J connectivity index is 3.39. The van der Waals surface area contributed by atoms with Gasteiger partial charge in [-0.1, -0.05) is 0 Å². The molecule has 1 aromatic carbocycles. The normalized spacial score (nSPS) is 9.47. The Bertz CT molecular complexity index is 440. The van der Waals surface area contributed by atoms with Gasteiger partial charge >= 0.3 is 0 Å². The average Bonchev–Trinajstić information content (AvgIpc) is 2.26. The van der Waals surface area contributed by atoms with E-state index < -0.39 is 11.6 Å². The van der Waals surface area contributed by atoms with Gasteiger partial charge in [-0.3, -0.25) is 4.79 Å². The van der Waals surface area contributed by atoms with Crippen LogP contribution in [0.25, 0.3) is 0 Å². The van der Waals surface area contributed by atoms with Crippen LogP contribution in [0.1, 0.15) is 15.9 Å². The maximum absolute atomic E-state index is 13.4. The SMILES string of the molecule is COc1cc(F)c(C(=O)CCl)c(C#N)c1. The first-order chi connectivity index (χ1) is 7.13. The maximum Gasteiger partial charge on any atom is 0.181 e. The van der Waals surface area contributed by atoms with Gasteiger partial charge in [0, 0.05) is 6.07 Å². The van der Waals surface area contributed by atoms with Crippen LogP contribution >= 0.6 is 11.6 Å². The van der Waals surface area contributed by atoms with E-state index >= 15 is 0 Å². The van der Waals surface area contributed by atoms with Gasteiger partial charge in [0.1, 0.15) is 17.6 Å². The van der Waals surface area contributed by atoms with Crippen LogP contribution in [-0.2, 0) is 0 Å². The van der Waals surface area contributed by atoms with Crippen molar-refractivity contribution in [1.29, 1.82) is 5.26 Å². The topological polar surface area (TPSA) is 50.1 Å². The zero-order valence-corrected chi connectivity index (χ0v) is 8.64. The number of methoxy groups -OCH3 is 1. The molecule has 0 heterocycles. The van der Waals surface area contributed by atoms with Gasteiger partial charge in [0.25, 0.3) is 0 Å². The van der Waals surface area contributed by atoms with Crippen LogP contribution in [0.3, 0.4) is 0 Å². The average molecular weight is 228 g/mol. The zero-order chi connectivity index (χ0) is 11.4.